The van der Waals surface area contributed by atoms with E-state index in [1.807, 2.05) is 71.9 Å². The quantitative estimate of drug-likeness (QED) is 0.148. The average molecular weight is 769 g/mol. The van der Waals surface area contributed by atoms with Gasteiger partial charge in [0.25, 0.3) is 0 Å². The number of nitro groups is 2. The molecule has 2 atom stereocenters. The average Bonchev–Trinajstić information content (AvgIpc) is 3.43. The first-order valence-corrected chi connectivity index (χ1v) is 18.3. The van der Waals surface area contributed by atoms with Crippen molar-refractivity contribution in [1.29, 1.82) is 0 Å². The Morgan fingerprint density at radius 2 is 1.11 bits per heavy atom. The number of non-ortho nitro benzene ring substituents is 2. The normalized spacial score (nSPS) is 18.8. The summed E-state index contributed by atoms with van der Waals surface area (Å²) in [5.74, 6) is 1.47. The Bertz CT molecular complexity index is 1950. The number of phenolic OH excluding ortho intramolecular Hbond substituents is 2. The molecule has 12 nitrogen and oxygen atoms in total. The van der Waals surface area contributed by atoms with Crippen molar-refractivity contribution in [3.8, 4) is 28.7 Å². The van der Waals surface area contributed by atoms with Gasteiger partial charge < -0.3 is 9.84 Å². The van der Waals surface area contributed by atoms with Crippen molar-refractivity contribution in [3.63, 3.8) is 0 Å². The van der Waals surface area contributed by atoms with Gasteiger partial charge in [-0.2, -0.15) is 0 Å². The fourth-order valence-electron chi connectivity index (χ4n) is 6.28. The van der Waals surface area contributed by atoms with Crippen molar-refractivity contribution in [1.82, 2.24) is 0 Å². The zero-order valence-corrected chi connectivity index (χ0v) is 31.7. The molecule has 0 unspecified atom stereocenters. The predicted octanol–water partition coefficient (Wildman–Crippen LogP) is 7.86. The second kappa shape index (κ2) is 15.8. The molecule has 0 aromatic heterocycles. The molecule has 6 rings (SSSR count). The van der Waals surface area contributed by atoms with Crippen molar-refractivity contribution < 1.29 is 52.3 Å². The number of ether oxygens (including phenoxy) is 1. The summed E-state index contributed by atoms with van der Waals surface area (Å²) in [5, 5.41) is 56.4. The monoisotopic (exact) mass is 768 g/mol. The van der Waals surface area contributed by atoms with Crippen molar-refractivity contribution in [2.24, 2.45) is 0 Å². The summed E-state index contributed by atoms with van der Waals surface area (Å²) in [6.45, 7) is 11.4. The van der Waals surface area contributed by atoms with Crippen LogP contribution in [0.25, 0.3) is 0 Å². The first-order chi connectivity index (χ1) is 24.9. The predicted molar refractivity (Wildman–Crippen MR) is 196 cm³/mol. The van der Waals surface area contributed by atoms with Crippen LogP contribution >= 0.6 is 0 Å². The minimum atomic E-state index is -0.501. The standard InChI is InChI=1S/C28H36N4O6.C12H10O2.Co/c1-27(2,3)21-13-19(31(35)36)11-17(25(21)33)15-29-23-9-7-8-10-24(23)30-16-18-12-20(32(37)38)14-22(26(18)34)28(4,5)6;13-10-6-8-12(9-7-10)14-11-4-2-1-3-5-11;/h11-16,23-24,33-34H,7-10H2,1-6H3;1-9,13H;/q;;+2/p-1/t23-,24-;;/m1../s1. The second-order valence-electron chi connectivity index (χ2n) is 15.1. The number of phenols is 2. The first kappa shape index (κ1) is 38.9. The Kier molecular flexibility index (Phi) is 11.6. The third-order valence-corrected chi connectivity index (χ3v) is 10.5. The molecule has 53 heavy (non-hydrogen) atoms. The summed E-state index contributed by atoms with van der Waals surface area (Å²) >= 11 is 0.772. The Morgan fingerprint density at radius 1 is 0.698 bits per heavy atom. The largest absolute Gasteiger partial charge is 0.872 e. The summed E-state index contributed by atoms with van der Waals surface area (Å²) in [4.78, 5) is 22.5. The van der Waals surface area contributed by atoms with Gasteiger partial charge in [-0.1, -0.05) is 30.3 Å². The molecule has 281 valence electrons. The summed E-state index contributed by atoms with van der Waals surface area (Å²) in [6, 6.07) is 21.5. The van der Waals surface area contributed by atoms with Crippen LogP contribution in [0.2, 0.25) is 0 Å². The van der Waals surface area contributed by atoms with Crippen LogP contribution in [0, 0.1) is 20.2 Å². The maximum absolute atomic E-state index is 11.7. The second-order valence-corrected chi connectivity index (χ2v) is 16.4. The van der Waals surface area contributed by atoms with Gasteiger partial charge in [-0.25, -0.2) is 0 Å². The maximum Gasteiger partial charge on any atom is 0.127 e. The van der Waals surface area contributed by atoms with E-state index in [0.29, 0.717) is 28.0 Å². The van der Waals surface area contributed by atoms with Crippen LogP contribution in [0.15, 0.2) is 78.9 Å². The van der Waals surface area contributed by atoms with Crippen molar-refractivity contribution in [2.45, 2.75) is 90.1 Å². The number of nitro benzene ring substituents is 2. The molecule has 1 saturated heterocycles. The molecule has 2 fully saturated rings. The topological polar surface area (TPSA) is 165 Å². The maximum atomic E-state index is 11.7. The summed E-state index contributed by atoms with van der Waals surface area (Å²) in [6.07, 6.45) is 7.41. The van der Waals surface area contributed by atoms with Crippen LogP contribution in [0.1, 0.15) is 89.5 Å². The number of benzene rings is 4. The molecule has 2 N–H and O–H groups in total. The number of nitrogens with zero attached hydrogens (tertiary/aromatic N) is 4. The van der Waals surface area contributed by atoms with Crippen LogP contribution < -0.4 is 9.84 Å². The fourth-order valence-corrected chi connectivity index (χ4v) is 7.90. The number of fused-ring (bicyclic) bond motifs is 1. The van der Waals surface area contributed by atoms with Gasteiger partial charge in [0.2, 0.25) is 0 Å². The molecule has 0 radical (unpaired) electrons. The molecular formula is C40H45CoN4O8+. The summed E-state index contributed by atoms with van der Waals surface area (Å²) in [7, 11) is 0. The molecule has 1 aliphatic carbocycles. The molecule has 4 aromatic rings. The summed E-state index contributed by atoms with van der Waals surface area (Å²) in [5.41, 5.74) is 0.576. The molecule has 1 saturated carbocycles. The van der Waals surface area contributed by atoms with E-state index < -0.39 is 20.7 Å². The van der Waals surface area contributed by atoms with Crippen LogP contribution in [-0.4, -0.2) is 51.8 Å². The third kappa shape index (κ3) is 9.40. The number of hydrogen-bond acceptors (Lipinski definition) is 8. The van der Waals surface area contributed by atoms with E-state index >= 15 is 0 Å². The SMILES string of the molecule is CC(C)(C)c1cc([N+](=O)[O-])cc(C=[N+]2[Co][N+](=Cc3cc([N+](=O)[O-])cc(C(C)(C)C)c3O)[C@@H]3CCCC[C@H]32)c1O.[O-]c1ccc(Oc2ccccc2)cc1. The third-order valence-electron chi connectivity index (χ3n) is 9.05. The molecule has 13 heteroatoms. The Morgan fingerprint density at radius 3 is 1.51 bits per heavy atom. The van der Waals surface area contributed by atoms with Crippen LogP contribution in [-0.2, 0) is 26.0 Å². The van der Waals surface area contributed by atoms with Gasteiger partial charge in [-0.15, -0.1) is 5.75 Å². The van der Waals surface area contributed by atoms with Crippen molar-refractivity contribution in [3.05, 3.63) is 121 Å². The van der Waals surface area contributed by atoms with E-state index in [2.05, 4.69) is 7.25 Å². The minimum Gasteiger partial charge on any atom is -0.872 e. The number of hydrogen-bond donors (Lipinski definition) is 2. The van der Waals surface area contributed by atoms with Crippen molar-refractivity contribution >= 4 is 23.8 Å². The molecule has 0 spiro atoms. The first-order valence-electron chi connectivity index (χ1n) is 17.3. The van der Waals surface area contributed by atoms with Gasteiger partial charge in [-0.05, 0) is 24.3 Å². The van der Waals surface area contributed by atoms with Gasteiger partial charge in [0.05, 0.1) is 0 Å². The van der Waals surface area contributed by atoms with E-state index in [4.69, 9.17) is 4.74 Å². The Balaban J connectivity index is 0.000000322. The fraction of sp³-hybridized carbons (Fsp3) is 0.350. The molecule has 4 aromatic carbocycles. The number of aromatic hydroxyl groups is 2. The summed E-state index contributed by atoms with van der Waals surface area (Å²) < 4.78 is 9.61. The Labute approximate surface area is 315 Å². The van der Waals surface area contributed by atoms with Gasteiger partial charge >= 0.3 is 235 Å². The van der Waals surface area contributed by atoms with Crippen molar-refractivity contribution in [2.75, 3.05) is 0 Å². The Hall–Kier alpha value is -5.27. The molecular weight excluding hydrogens is 723 g/mol. The van der Waals surface area contributed by atoms with Gasteiger partial charge in [0.1, 0.15) is 11.5 Å². The number of rotatable bonds is 6. The molecule has 1 aliphatic heterocycles. The molecule has 0 amide bonds. The van der Waals surface area contributed by atoms with E-state index in [1.54, 1.807) is 24.6 Å². The van der Waals surface area contributed by atoms with Crippen LogP contribution in [0.5, 0.6) is 28.7 Å². The molecule has 0 bridgehead atoms. The van der Waals surface area contributed by atoms with E-state index in [1.165, 1.54) is 36.4 Å². The van der Waals surface area contributed by atoms with Crippen LogP contribution in [0.3, 0.4) is 0 Å². The van der Waals surface area contributed by atoms with Crippen LogP contribution in [0.4, 0.5) is 11.4 Å². The molecule has 1 heterocycles. The van der Waals surface area contributed by atoms with Gasteiger partial charge in [0, 0.05) is 0 Å². The minimum absolute atomic E-state index is 0.00888. The zero-order chi connectivity index (χ0) is 38.7. The van der Waals surface area contributed by atoms with E-state index in [0.717, 1.165) is 46.6 Å². The smallest absolute Gasteiger partial charge is 0.127 e. The van der Waals surface area contributed by atoms with Gasteiger partial charge in [0.15, 0.2) is 0 Å². The number of para-hydroxylation sites is 1. The van der Waals surface area contributed by atoms with E-state index in [-0.39, 0.29) is 40.7 Å². The zero-order valence-electron chi connectivity index (χ0n) is 30.6. The van der Waals surface area contributed by atoms with E-state index in [9.17, 15) is 35.5 Å². The van der Waals surface area contributed by atoms with Gasteiger partial charge in [-0.3, -0.25) is 0 Å². The molecule has 2 aliphatic rings.